The Balaban J connectivity index is 0.00000228. The summed E-state index contributed by atoms with van der Waals surface area (Å²) in [6.07, 6.45) is 1.65. The summed E-state index contributed by atoms with van der Waals surface area (Å²) < 4.78 is 0. The number of nitrogens with one attached hydrogen (secondary N) is 2. The number of halogens is 2. The zero-order valence-electron chi connectivity index (χ0n) is 21.7. The minimum absolute atomic E-state index is 0. The second-order valence-corrected chi connectivity index (χ2v) is 10.8. The Bertz CT molecular complexity index is 1030. The summed E-state index contributed by atoms with van der Waals surface area (Å²) in [5.41, 5.74) is 3.40. The lowest BCUT2D eigenvalue weighted by atomic mass is 9.68. The van der Waals surface area contributed by atoms with Crippen LogP contribution in [0.2, 0.25) is 0 Å². The van der Waals surface area contributed by atoms with Crippen LogP contribution in [0.1, 0.15) is 50.8 Å². The molecule has 2 aliphatic heterocycles. The van der Waals surface area contributed by atoms with Gasteiger partial charge in [0.05, 0.1) is 6.04 Å². The van der Waals surface area contributed by atoms with E-state index in [9.17, 15) is 15.0 Å². The number of hydrogen-bond acceptors (Lipinski definition) is 5. The van der Waals surface area contributed by atoms with E-state index in [2.05, 4.69) is 49.3 Å². The number of nitrogens with zero attached hydrogens (tertiary/aromatic N) is 1. The number of phenols is 2. The third-order valence-electron chi connectivity index (χ3n) is 8.13. The fourth-order valence-electron chi connectivity index (χ4n) is 5.44. The summed E-state index contributed by atoms with van der Waals surface area (Å²) in [6, 6.07) is 12.9. The molecular formula is C28H41Cl2N3O3. The van der Waals surface area contributed by atoms with Crippen LogP contribution in [0.4, 0.5) is 0 Å². The maximum absolute atomic E-state index is 13.2. The van der Waals surface area contributed by atoms with Gasteiger partial charge in [-0.05, 0) is 77.6 Å². The molecule has 0 saturated carbocycles. The van der Waals surface area contributed by atoms with Gasteiger partial charge in [-0.25, -0.2) is 0 Å². The third-order valence-corrected chi connectivity index (χ3v) is 8.13. The fourth-order valence-corrected chi connectivity index (χ4v) is 5.44. The highest BCUT2D eigenvalue weighted by Crippen LogP contribution is 2.40. The van der Waals surface area contributed by atoms with E-state index in [1.54, 1.807) is 18.2 Å². The lowest BCUT2D eigenvalue weighted by Gasteiger charge is -2.46. The molecule has 0 spiro atoms. The molecule has 1 fully saturated rings. The van der Waals surface area contributed by atoms with E-state index in [1.807, 2.05) is 18.2 Å². The molecule has 200 valence electrons. The van der Waals surface area contributed by atoms with Crippen LogP contribution in [0.5, 0.6) is 11.5 Å². The molecule has 0 radical (unpaired) electrons. The Morgan fingerprint density at radius 3 is 2.53 bits per heavy atom. The van der Waals surface area contributed by atoms with Crippen molar-refractivity contribution in [2.75, 3.05) is 19.6 Å². The molecule has 0 aromatic heterocycles. The van der Waals surface area contributed by atoms with Gasteiger partial charge in [0.15, 0.2) is 0 Å². The van der Waals surface area contributed by atoms with Crippen LogP contribution in [0.3, 0.4) is 0 Å². The number of hydrogen-bond donors (Lipinski definition) is 4. The van der Waals surface area contributed by atoms with E-state index in [-0.39, 0.29) is 54.0 Å². The van der Waals surface area contributed by atoms with Crippen LogP contribution in [0.15, 0.2) is 42.5 Å². The van der Waals surface area contributed by atoms with Gasteiger partial charge in [0, 0.05) is 25.7 Å². The first-order chi connectivity index (χ1) is 16.2. The normalized spacial score (nSPS) is 24.7. The number of phenolic OH excluding ortho intramolecular Hbond substituents is 2. The molecule has 1 amide bonds. The topological polar surface area (TPSA) is 84.8 Å². The van der Waals surface area contributed by atoms with Crippen molar-refractivity contribution < 1.29 is 15.0 Å². The summed E-state index contributed by atoms with van der Waals surface area (Å²) >= 11 is 0. The molecule has 4 rings (SSSR count). The number of likely N-dealkylation sites (tertiary alicyclic amines) is 1. The van der Waals surface area contributed by atoms with Crippen molar-refractivity contribution in [2.45, 2.75) is 64.6 Å². The van der Waals surface area contributed by atoms with Gasteiger partial charge >= 0.3 is 0 Å². The minimum atomic E-state index is -0.257. The molecule has 0 aliphatic carbocycles. The van der Waals surface area contributed by atoms with E-state index < -0.39 is 0 Å². The summed E-state index contributed by atoms with van der Waals surface area (Å²) in [7, 11) is 0. The lowest BCUT2D eigenvalue weighted by Crippen LogP contribution is -2.56. The molecule has 1 saturated heterocycles. The van der Waals surface area contributed by atoms with Crippen LogP contribution in [0.25, 0.3) is 0 Å². The van der Waals surface area contributed by atoms with Crippen molar-refractivity contribution in [3.8, 4) is 11.5 Å². The van der Waals surface area contributed by atoms with Crippen LogP contribution in [-0.2, 0) is 23.2 Å². The molecule has 2 aromatic carbocycles. The molecule has 4 N–H and O–H groups in total. The van der Waals surface area contributed by atoms with E-state index in [0.717, 1.165) is 37.2 Å². The predicted molar refractivity (Wildman–Crippen MR) is 149 cm³/mol. The number of piperidine rings is 1. The standard InChI is InChI=1S/C28H39N3O3.2ClH/c1-18(2)26(30-27(34)25-13-20-8-9-24(33)12-21(20)15-29-25)17-31-11-10-28(4,19(3)16-31)22-6-5-7-23(32)14-22;;/h5-9,12,14,18-19,25-26,29,32-33H,10-11,13,15-17H2,1-4H3,(H,30,34);2*1H/t19-,25?,26+,28+;;/m0../s1. The third kappa shape index (κ3) is 6.65. The molecule has 2 aromatic rings. The zero-order valence-corrected chi connectivity index (χ0v) is 23.3. The van der Waals surface area contributed by atoms with Gasteiger partial charge in [-0.15, -0.1) is 24.8 Å². The first-order valence-corrected chi connectivity index (χ1v) is 12.5. The molecule has 2 aliphatic rings. The number of amides is 1. The fraction of sp³-hybridized carbons (Fsp3) is 0.536. The van der Waals surface area contributed by atoms with Crippen LogP contribution in [0, 0.1) is 11.8 Å². The van der Waals surface area contributed by atoms with Crippen LogP contribution >= 0.6 is 24.8 Å². The summed E-state index contributed by atoms with van der Waals surface area (Å²) in [5, 5.41) is 26.3. The molecule has 6 nitrogen and oxygen atoms in total. The average molecular weight is 539 g/mol. The quantitative estimate of drug-likeness (QED) is 0.439. The Morgan fingerprint density at radius 2 is 1.86 bits per heavy atom. The highest BCUT2D eigenvalue weighted by molar-refractivity contribution is 5.85. The highest BCUT2D eigenvalue weighted by atomic mass is 35.5. The molecular weight excluding hydrogens is 497 g/mol. The number of rotatable bonds is 6. The predicted octanol–water partition coefficient (Wildman–Crippen LogP) is 4.40. The Labute approximate surface area is 227 Å². The smallest absolute Gasteiger partial charge is 0.237 e. The zero-order chi connectivity index (χ0) is 24.5. The second-order valence-electron chi connectivity index (χ2n) is 10.8. The summed E-state index contributed by atoms with van der Waals surface area (Å²) in [5.74, 6) is 1.39. The number of fused-ring (bicyclic) bond motifs is 1. The van der Waals surface area contributed by atoms with Gasteiger partial charge < -0.3 is 25.7 Å². The molecule has 0 bridgehead atoms. The summed E-state index contributed by atoms with van der Waals surface area (Å²) in [4.78, 5) is 15.6. The molecule has 36 heavy (non-hydrogen) atoms. The van der Waals surface area contributed by atoms with Crippen molar-refractivity contribution in [3.05, 3.63) is 59.2 Å². The largest absolute Gasteiger partial charge is 0.508 e. The van der Waals surface area contributed by atoms with Gasteiger partial charge in [-0.1, -0.05) is 45.9 Å². The Morgan fingerprint density at radius 1 is 1.14 bits per heavy atom. The number of carbonyl (C=O) groups is 1. The highest BCUT2D eigenvalue weighted by Gasteiger charge is 2.39. The maximum Gasteiger partial charge on any atom is 0.237 e. The first kappa shape index (κ1) is 30.2. The average Bonchev–Trinajstić information content (AvgIpc) is 2.80. The van der Waals surface area contributed by atoms with Gasteiger partial charge in [0.25, 0.3) is 0 Å². The SMILES string of the molecule is CC(C)[C@@H](CN1CC[C@@](C)(c2cccc(O)c2)[C@@H](C)C1)NC(=O)C1Cc2ccc(O)cc2CN1.Cl.Cl. The first-order valence-electron chi connectivity index (χ1n) is 12.5. The van der Waals surface area contributed by atoms with Gasteiger partial charge in [0.2, 0.25) is 5.91 Å². The van der Waals surface area contributed by atoms with Crippen molar-refractivity contribution >= 4 is 30.7 Å². The monoisotopic (exact) mass is 537 g/mol. The molecule has 8 heteroatoms. The van der Waals surface area contributed by atoms with Gasteiger partial charge in [-0.2, -0.15) is 0 Å². The number of benzene rings is 2. The molecule has 1 unspecified atom stereocenters. The van der Waals surface area contributed by atoms with E-state index in [4.69, 9.17) is 0 Å². The maximum atomic E-state index is 13.2. The van der Waals surface area contributed by atoms with Crippen LogP contribution in [-0.4, -0.2) is 52.7 Å². The Kier molecular flexibility index (Phi) is 10.5. The molecule has 2 heterocycles. The van der Waals surface area contributed by atoms with Gasteiger partial charge in [-0.3, -0.25) is 4.79 Å². The number of carbonyl (C=O) groups excluding carboxylic acids is 1. The van der Waals surface area contributed by atoms with Gasteiger partial charge in [0.1, 0.15) is 11.5 Å². The lowest BCUT2D eigenvalue weighted by molar-refractivity contribution is -0.124. The van der Waals surface area contributed by atoms with Crippen molar-refractivity contribution in [1.29, 1.82) is 0 Å². The minimum Gasteiger partial charge on any atom is -0.508 e. The molecule has 4 atom stereocenters. The summed E-state index contributed by atoms with van der Waals surface area (Å²) in [6.45, 7) is 12.3. The Hall–Kier alpha value is -1.99. The number of aromatic hydroxyl groups is 2. The van der Waals surface area contributed by atoms with Crippen molar-refractivity contribution in [3.63, 3.8) is 0 Å². The van der Waals surface area contributed by atoms with E-state index in [0.29, 0.717) is 30.6 Å². The van der Waals surface area contributed by atoms with Crippen LogP contribution < -0.4 is 10.6 Å². The van der Waals surface area contributed by atoms with E-state index >= 15 is 0 Å². The van der Waals surface area contributed by atoms with Crippen molar-refractivity contribution in [1.82, 2.24) is 15.5 Å². The second kappa shape index (κ2) is 12.5. The van der Waals surface area contributed by atoms with Crippen molar-refractivity contribution in [2.24, 2.45) is 11.8 Å². The van der Waals surface area contributed by atoms with E-state index in [1.165, 1.54) is 5.56 Å².